The van der Waals surface area contributed by atoms with Gasteiger partial charge in [-0.25, -0.2) is 4.79 Å². The van der Waals surface area contributed by atoms with Crippen molar-refractivity contribution in [3.63, 3.8) is 0 Å². The third kappa shape index (κ3) is 3.60. The average molecular weight is 443 g/mol. The highest BCUT2D eigenvalue weighted by atomic mass is 16.2. The van der Waals surface area contributed by atoms with E-state index in [1.807, 2.05) is 0 Å². The van der Waals surface area contributed by atoms with E-state index in [4.69, 9.17) is 0 Å². The van der Waals surface area contributed by atoms with E-state index in [9.17, 15) is 14.4 Å². The van der Waals surface area contributed by atoms with Crippen LogP contribution in [0.5, 0.6) is 0 Å². The quantitative estimate of drug-likeness (QED) is 0.546. The van der Waals surface area contributed by atoms with Crippen LogP contribution in [0.4, 0.5) is 4.79 Å². The standard InChI is InChI=1S/C23H34N6O3/c1-2-11-27-13-9-23(10-14-27)21(31)29(22(32)24-23)16-8-12-28(15-16)20(30)19-17-6-4-3-5-7-18(17)25-26-19/h16H,2-15H2,1H3,(H,24,32)(H,25,26). The van der Waals surface area contributed by atoms with Crippen LogP contribution in [0.25, 0.3) is 0 Å². The summed E-state index contributed by atoms with van der Waals surface area (Å²) in [5, 5.41) is 10.4. The van der Waals surface area contributed by atoms with Crippen LogP contribution in [0.1, 0.15) is 73.6 Å². The zero-order valence-corrected chi connectivity index (χ0v) is 19.0. The molecule has 4 aliphatic rings. The molecule has 1 aromatic heterocycles. The van der Waals surface area contributed by atoms with Crippen molar-refractivity contribution >= 4 is 17.8 Å². The molecule has 1 aromatic rings. The number of rotatable bonds is 4. The van der Waals surface area contributed by atoms with Crippen molar-refractivity contribution < 1.29 is 14.4 Å². The summed E-state index contributed by atoms with van der Waals surface area (Å²) in [6.45, 7) is 5.76. The van der Waals surface area contributed by atoms with Crippen LogP contribution in [0, 0.1) is 0 Å². The van der Waals surface area contributed by atoms with Gasteiger partial charge in [0, 0.05) is 37.4 Å². The number of carbonyl (C=O) groups excluding carboxylic acids is 3. The Hall–Kier alpha value is -2.42. The predicted octanol–water partition coefficient (Wildman–Crippen LogP) is 1.69. The highest BCUT2D eigenvalue weighted by Crippen LogP contribution is 2.33. The number of nitrogens with zero attached hydrogens (tertiary/aromatic N) is 4. The number of H-pyrrole nitrogens is 1. The molecule has 32 heavy (non-hydrogen) atoms. The molecule has 4 heterocycles. The lowest BCUT2D eigenvalue weighted by Gasteiger charge is -2.37. The molecule has 2 N–H and O–H groups in total. The minimum absolute atomic E-state index is 0.0819. The molecule has 9 nitrogen and oxygen atoms in total. The number of fused-ring (bicyclic) bond motifs is 1. The van der Waals surface area contributed by atoms with Gasteiger partial charge in [-0.15, -0.1) is 0 Å². The summed E-state index contributed by atoms with van der Waals surface area (Å²) in [5.74, 6) is -0.187. The molecular weight excluding hydrogens is 408 g/mol. The first-order valence-corrected chi connectivity index (χ1v) is 12.3. The number of aromatic nitrogens is 2. The summed E-state index contributed by atoms with van der Waals surface area (Å²) in [4.78, 5) is 45.0. The van der Waals surface area contributed by atoms with Crippen LogP contribution < -0.4 is 5.32 Å². The molecule has 5 rings (SSSR count). The Morgan fingerprint density at radius 2 is 1.91 bits per heavy atom. The number of carbonyl (C=O) groups is 3. The molecule has 3 saturated heterocycles. The van der Waals surface area contributed by atoms with E-state index in [-0.39, 0.29) is 23.9 Å². The summed E-state index contributed by atoms with van der Waals surface area (Å²) in [6, 6.07) is -0.566. The number of piperidine rings is 1. The first-order chi connectivity index (χ1) is 15.5. The fraction of sp³-hybridized carbons (Fsp3) is 0.739. The molecular formula is C23H34N6O3. The lowest BCUT2D eigenvalue weighted by Crippen LogP contribution is -2.55. The molecule has 3 aliphatic heterocycles. The van der Waals surface area contributed by atoms with Crippen molar-refractivity contribution in [2.24, 2.45) is 0 Å². The maximum Gasteiger partial charge on any atom is 0.325 e. The topological polar surface area (TPSA) is 102 Å². The van der Waals surface area contributed by atoms with Gasteiger partial charge in [0.2, 0.25) is 0 Å². The molecule has 0 aromatic carbocycles. The fourth-order valence-electron chi connectivity index (χ4n) is 5.91. The number of imide groups is 1. The number of hydrogen-bond acceptors (Lipinski definition) is 5. The Balaban J connectivity index is 1.26. The zero-order valence-electron chi connectivity index (χ0n) is 19.0. The molecule has 0 saturated carbocycles. The second kappa shape index (κ2) is 8.50. The van der Waals surface area contributed by atoms with Gasteiger partial charge < -0.3 is 15.1 Å². The van der Waals surface area contributed by atoms with E-state index in [0.29, 0.717) is 38.0 Å². The predicted molar refractivity (Wildman–Crippen MR) is 118 cm³/mol. The maximum atomic E-state index is 13.4. The maximum absolute atomic E-state index is 13.4. The van der Waals surface area contributed by atoms with Gasteiger partial charge in [-0.05, 0) is 57.9 Å². The summed E-state index contributed by atoms with van der Waals surface area (Å²) in [5.41, 5.74) is 1.91. The Labute approximate surface area is 188 Å². The van der Waals surface area contributed by atoms with Gasteiger partial charge in [-0.3, -0.25) is 19.6 Å². The molecule has 4 amide bonds. The monoisotopic (exact) mass is 442 g/mol. The smallest absolute Gasteiger partial charge is 0.325 e. The Bertz CT molecular complexity index is 904. The Morgan fingerprint density at radius 1 is 1.12 bits per heavy atom. The van der Waals surface area contributed by atoms with Gasteiger partial charge in [0.25, 0.3) is 11.8 Å². The van der Waals surface area contributed by atoms with Gasteiger partial charge in [-0.1, -0.05) is 13.3 Å². The van der Waals surface area contributed by atoms with Gasteiger partial charge in [0.1, 0.15) is 5.54 Å². The number of nitrogens with one attached hydrogen (secondary N) is 2. The Morgan fingerprint density at radius 3 is 2.69 bits per heavy atom. The number of amides is 4. The number of likely N-dealkylation sites (tertiary alicyclic amines) is 2. The molecule has 3 fully saturated rings. The molecule has 174 valence electrons. The van der Waals surface area contributed by atoms with Crippen LogP contribution in [0.2, 0.25) is 0 Å². The van der Waals surface area contributed by atoms with Gasteiger partial charge >= 0.3 is 6.03 Å². The summed E-state index contributed by atoms with van der Waals surface area (Å²) < 4.78 is 0. The van der Waals surface area contributed by atoms with Gasteiger partial charge in [-0.2, -0.15) is 5.10 Å². The summed E-state index contributed by atoms with van der Waals surface area (Å²) in [7, 11) is 0. The minimum atomic E-state index is -0.766. The Kier molecular flexibility index (Phi) is 5.69. The normalized spacial score (nSPS) is 25.8. The number of aromatic amines is 1. The number of aryl methyl sites for hydroxylation is 1. The van der Waals surface area contributed by atoms with E-state index in [1.54, 1.807) is 4.90 Å². The van der Waals surface area contributed by atoms with Crippen LogP contribution in [0.3, 0.4) is 0 Å². The van der Waals surface area contributed by atoms with E-state index in [2.05, 4.69) is 27.3 Å². The van der Waals surface area contributed by atoms with Crippen molar-refractivity contribution in [3.8, 4) is 0 Å². The first kappa shape index (κ1) is 21.4. The van der Waals surface area contributed by atoms with Crippen molar-refractivity contribution in [3.05, 3.63) is 17.0 Å². The molecule has 1 spiro atoms. The zero-order chi connectivity index (χ0) is 22.3. The van der Waals surface area contributed by atoms with Crippen LogP contribution in [-0.4, -0.2) is 87.0 Å². The second-order valence-corrected chi connectivity index (χ2v) is 9.81. The van der Waals surface area contributed by atoms with E-state index in [0.717, 1.165) is 63.0 Å². The van der Waals surface area contributed by atoms with Crippen molar-refractivity contribution in [1.82, 2.24) is 30.2 Å². The fourth-order valence-corrected chi connectivity index (χ4v) is 5.91. The number of hydrogen-bond donors (Lipinski definition) is 2. The third-order valence-corrected chi connectivity index (χ3v) is 7.77. The highest BCUT2D eigenvalue weighted by molar-refractivity contribution is 6.07. The van der Waals surface area contributed by atoms with Crippen molar-refractivity contribution in [2.75, 3.05) is 32.7 Å². The highest BCUT2D eigenvalue weighted by Gasteiger charge is 2.55. The summed E-state index contributed by atoms with van der Waals surface area (Å²) >= 11 is 0. The second-order valence-electron chi connectivity index (χ2n) is 9.81. The largest absolute Gasteiger partial charge is 0.335 e. The van der Waals surface area contributed by atoms with Crippen molar-refractivity contribution in [1.29, 1.82) is 0 Å². The molecule has 1 aliphatic carbocycles. The van der Waals surface area contributed by atoms with E-state index in [1.165, 1.54) is 11.3 Å². The first-order valence-electron chi connectivity index (χ1n) is 12.3. The van der Waals surface area contributed by atoms with Crippen LogP contribution in [-0.2, 0) is 17.6 Å². The molecule has 1 unspecified atom stereocenters. The minimum Gasteiger partial charge on any atom is -0.335 e. The van der Waals surface area contributed by atoms with E-state index < -0.39 is 5.54 Å². The SMILES string of the molecule is CCCN1CCC2(CC1)NC(=O)N(C1CCN(C(=O)c3n[nH]c4c3CCCCC4)C1)C2=O. The molecule has 1 atom stereocenters. The molecule has 0 radical (unpaired) electrons. The van der Waals surface area contributed by atoms with Crippen molar-refractivity contribution in [2.45, 2.75) is 76.3 Å². The lowest BCUT2D eigenvalue weighted by molar-refractivity contribution is -0.134. The van der Waals surface area contributed by atoms with Crippen LogP contribution in [0.15, 0.2) is 0 Å². The van der Waals surface area contributed by atoms with E-state index >= 15 is 0 Å². The van der Waals surface area contributed by atoms with Gasteiger partial charge in [0.15, 0.2) is 5.69 Å². The summed E-state index contributed by atoms with van der Waals surface area (Å²) in [6.07, 6.45) is 8.22. The van der Waals surface area contributed by atoms with Gasteiger partial charge in [0.05, 0.1) is 6.04 Å². The lowest BCUT2D eigenvalue weighted by atomic mass is 9.87. The van der Waals surface area contributed by atoms with Crippen LogP contribution >= 0.6 is 0 Å². The third-order valence-electron chi connectivity index (χ3n) is 7.77. The average Bonchev–Trinajstić information content (AvgIpc) is 3.43. The molecule has 9 heteroatoms. The molecule has 0 bridgehead atoms. The number of urea groups is 1.